The minimum Gasteiger partial charge on any atom is -0.467 e. The molecule has 3 heterocycles. The van der Waals surface area contributed by atoms with Gasteiger partial charge in [0.1, 0.15) is 18.0 Å². The molecule has 0 saturated carbocycles. The van der Waals surface area contributed by atoms with Crippen molar-refractivity contribution in [2.45, 2.75) is 26.4 Å². The third-order valence-electron chi connectivity index (χ3n) is 5.94. The van der Waals surface area contributed by atoms with E-state index >= 15 is 0 Å². The summed E-state index contributed by atoms with van der Waals surface area (Å²) in [5.74, 6) is 0.347. The zero-order valence-electron chi connectivity index (χ0n) is 19.2. The number of nitrogens with one attached hydrogen (secondary N) is 2. The van der Waals surface area contributed by atoms with E-state index in [0.717, 1.165) is 28.5 Å². The topological polar surface area (TPSA) is 79.5 Å². The first-order chi connectivity index (χ1) is 17.0. The second-order valence-electron chi connectivity index (χ2n) is 8.20. The summed E-state index contributed by atoms with van der Waals surface area (Å²) in [6, 6.07) is 19.0. The van der Waals surface area contributed by atoms with Gasteiger partial charge < -0.3 is 19.6 Å². The number of aryl methyl sites for hydroxylation is 1. The lowest BCUT2D eigenvalue weighted by atomic mass is 10.1. The summed E-state index contributed by atoms with van der Waals surface area (Å²) in [4.78, 5) is 27.4. The van der Waals surface area contributed by atoms with Crippen LogP contribution in [0.2, 0.25) is 0 Å². The van der Waals surface area contributed by atoms with E-state index in [9.17, 15) is 9.59 Å². The number of hydrogen-bond acceptors (Lipinski definition) is 4. The molecule has 1 saturated heterocycles. The van der Waals surface area contributed by atoms with Crippen molar-refractivity contribution < 1.29 is 14.0 Å². The molecular weight excluding hydrogens is 460 g/mol. The number of fused-ring (bicyclic) bond motifs is 1. The lowest BCUT2D eigenvalue weighted by Gasteiger charge is -2.13. The van der Waals surface area contributed by atoms with Crippen molar-refractivity contribution >= 4 is 51.8 Å². The highest BCUT2D eigenvalue weighted by atomic mass is 32.1. The van der Waals surface area contributed by atoms with Crippen LogP contribution in [0.25, 0.3) is 17.0 Å². The standard InChI is InChI=1S/C27H24N4O3S/c1-2-18-8-6-12-22-19(14-23-26(33)31(27(35)29-23)20-9-4-3-5-10-20)16-30(25(18)22)17-24(32)28-15-21-11-7-13-34-21/h3-14,16H,2,15,17H2,1H3,(H,28,32)(H,29,35)/b23-14-. The lowest BCUT2D eigenvalue weighted by molar-refractivity contribution is -0.121. The number of carbonyl (C=O) groups is 2. The van der Waals surface area contributed by atoms with Gasteiger partial charge in [-0.15, -0.1) is 0 Å². The summed E-state index contributed by atoms with van der Waals surface area (Å²) in [5, 5.41) is 7.25. The zero-order valence-corrected chi connectivity index (χ0v) is 20.0. The van der Waals surface area contributed by atoms with Crippen LogP contribution in [0.3, 0.4) is 0 Å². The molecule has 0 radical (unpaired) electrons. The Morgan fingerprint density at radius 3 is 2.69 bits per heavy atom. The van der Waals surface area contributed by atoms with Crippen LogP contribution in [0.5, 0.6) is 0 Å². The van der Waals surface area contributed by atoms with Gasteiger partial charge in [0.25, 0.3) is 5.91 Å². The lowest BCUT2D eigenvalue weighted by Crippen LogP contribution is -2.30. The van der Waals surface area contributed by atoms with E-state index < -0.39 is 0 Å². The SMILES string of the molecule is CCc1cccc2c(/C=C3\NC(=S)N(c4ccccc4)C3=O)cn(CC(=O)NCc3ccco3)c12. The number of para-hydroxylation sites is 2. The predicted octanol–water partition coefficient (Wildman–Crippen LogP) is 4.38. The number of nitrogens with zero attached hydrogens (tertiary/aromatic N) is 2. The smallest absolute Gasteiger partial charge is 0.281 e. The van der Waals surface area contributed by atoms with Gasteiger partial charge in [-0.1, -0.05) is 43.3 Å². The number of benzene rings is 2. The first kappa shape index (κ1) is 22.6. The van der Waals surface area contributed by atoms with Crippen molar-refractivity contribution in [1.82, 2.24) is 15.2 Å². The normalized spacial score (nSPS) is 14.7. The van der Waals surface area contributed by atoms with E-state index in [2.05, 4.69) is 23.6 Å². The minimum absolute atomic E-state index is 0.130. The van der Waals surface area contributed by atoms with Crippen molar-refractivity contribution in [3.8, 4) is 0 Å². The summed E-state index contributed by atoms with van der Waals surface area (Å²) < 4.78 is 7.23. The summed E-state index contributed by atoms with van der Waals surface area (Å²) in [6.07, 6.45) is 6.11. The van der Waals surface area contributed by atoms with Gasteiger partial charge in [0, 0.05) is 17.1 Å². The van der Waals surface area contributed by atoms with Gasteiger partial charge in [-0.05, 0) is 54.5 Å². The fraction of sp³-hybridized carbons (Fsp3) is 0.148. The number of aromatic nitrogens is 1. The van der Waals surface area contributed by atoms with Crippen molar-refractivity contribution in [3.63, 3.8) is 0 Å². The second-order valence-corrected chi connectivity index (χ2v) is 8.59. The molecule has 2 amide bonds. The maximum atomic E-state index is 13.2. The summed E-state index contributed by atoms with van der Waals surface area (Å²) >= 11 is 5.44. The molecule has 0 atom stereocenters. The average Bonchev–Trinajstić information content (AvgIpc) is 3.57. The monoisotopic (exact) mass is 484 g/mol. The Balaban J connectivity index is 1.47. The molecule has 176 valence electrons. The van der Waals surface area contributed by atoms with E-state index in [-0.39, 0.29) is 18.4 Å². The Morgan fingerprint density at radius 1 is 1.11 bits per heavy atom. The van der Waals surface area contributed by atoms with Crippen LogP contribution in [0.15, 0.2) is 83.2 Å². The molecular formula is C27H24N4O3S. The molecule has 1 fully saturated rings. The van der Waals surface area contributed by atoms with E-state index in [0.29, 0.717) is 28.8 Å². The number of amides is 2. The highest BCUT2D eigenvalue weighted by molar-refractivity contribution is 7.80. The number of hydrogen-bond donors (Lipinski definition) is 2. The van der Waals surface area contributed by atoms with Crippen LogP contribution in [0.1, 0.15) is 23.8 Å². The van der Waals surface area contributed by atoms with E-state index in [1.54, 1.807) is 18.4 Å². The molecule has 7 nitrogen and oxygen atoms in total. The number of rotatable bonds is 7. The molecule has 2 N–H and O–H groups in total. The van der Waals surface area contributed by atoms with Gasteiger partial charge in [-0.2, -0.15) is 0 Å². The molecule has 0 spiro atoms. The largest absolute Gasteiger partial charge is 0.467 e. The highest BCUT2D eigenvalue weighted by Gasteiger charge is 2.32. The van der Waals surface area contributed by atoms with Crippen LogP contribution in [-0.4, -0.2) is 21.5 Å². The first-order valence-electron chi connectivity index (χ1n) is 11.4. The number of carbonyl (C=O) groups excluding carboxylic acids is 2. The molecule has 0 bridgehead atoms. The van der Waals surface area contributed by atoms with Gasteiger partial charge in [-0.25, -0.2) is 0 Å². The molecule has 0 aliphatic carbocycles. The third kappa shape index (κ3) is 4.48. The zero-order chi connectivity index (χ0) is 24.4. The van der Waals surface area contributed by atoms with Crippen LogP contribution >= 0.6 is 12.2 Å². The van der Waals surface area contributed by atoms with E-state index in [1.807, 2.05) is 59.3 Å². The molecule has 5 rings (SSSR count). The maximum Gasteiger partial charge on any atom is 0.281 e. The summed E-state index contributed by atoms with van der Waals surface area (Å²) in [6.45, 7) is 2.56. The molecule has 2 aromatic heterocycles. The minimum atomic E-state index is -0.218. The van der Waals surface area contributed by atoms with Crippen LogP contribution in [0, 0.1) is 0 Å². The van der Waals surface area contributed by atoms with E-state index in [1.165, 1.54) is 4.90 Å². The van der Waals surface area contributed by atoms with Crippen LogP contribution in [-0.2, 0) is 29.1 Å². The Morgan fingerprint density at radius 2 is 1.94 bits per heavy atom. The van der Waals surface area contributed by atoms with Crippen LogP contribution < -0.4 is 15.5 Å². The second kappa shape index (κ2) is 9.60. The molecule has 1 aliphatic rings. The Kier molecular flexibility index (Phi) is 6.20. The number of anilines is 1. The van der Waals surface area contributed by atoms with Crippen LogP contribution in [0.4, 0.5) is 5.69 Å². The maximum absolute atomic E-state index is 13.2. The number of thiocarbonyl (C=S) groups is 1. The molecule has 35 heavy (non-hydrogen) atoms. The van der Waals surface area contributed by atoms with Crippen molar-refractivity contribution in [2.24, 2.45) is 0 Å². The fourth-order valence-electron chi connectivity index (χ4n) is 4.30. The van der Waals surface area contributed by atoms with Crippen molar-refractivity contribution in [2.75, 3.05) is 4.90 Å². The molecule has 4 aromatic rings. The summed E-state index contributed by atoms with van der Waals surface area (Å²) in [5.41, 5.74) is 4.04. The van der Waals surface area contributed by atoms with Crippen molar-refractivity contribution in [3.05, 3.63) is 95.7 Å². The van der Waals surface area contributed by atoms with Gasteiger partial charge >= 0.3 is 0 Å². The van der Waals surface area contributed by atoms with Gasteiger partial charge in [-0.3, -0.25) is 14.5 Å². The average molecular weight is 485 g/mol. The molecule has 2 aromatic carbocycles. The Hall–Kier alpha value is -4.17. The quantitative estimate of drug-likeness (QED) is 0.301. The Bertz CT molecular complexity index is 1440. The van der Waals surface area contributed by atoms with Gasteiger partial charge in [0.15, 0.2) is 5.11 Å². The van der Waals surface area contributed by atoms with Gasteiger partial charge in [0.2, 0.25) is 5.91 Å². The fourth-order valence-corrected chi connectivity index (χ4v) is 4.60. The Labute approximate surface area is 208 Å². The first-order valence-corrected chi connectivity index (χ1v) is 11.8. The summed E-state index contributed by atoms with van der Waals surface area (Å²) in [7, 11) is 0. The molecule has 1 aliphatic heterocycles. The molecule has 0 unspecified atom stereocenters. The third-order valence-corrected chi connectivity index (χ3v) is 6.22. The molecule has 8 heteroatoms. The highest BCUT2D eigenvalue weighted by Crippen LogP contribution is 2.29. The van der Waals surface area contributed by atoms with Crippen molar-refractivity contribution in [1.29, 1.82) is 0 Å². The predicted molar refractivity (Wildman–Crippen MR) is 140 cm³/mol. The number of furan rings is 1. The van der Waals surface area contributed by atoms with Gasteiger partial charge in [0.05, 0.1) is 24.0 Å². The van der Waals surface area contributed by atoms with E-state index in [4.69, 9.17) is 16.6 Å².